The first-order valence-electron chi connectivity index (χ1n) is 10.7. The molecular weight excluding hydrogens is 380 g/mol. The van der Waals surface area contributed by atoms with Gasteiger partial charge in [0.25, 0.3) is 0 Å². The average molecular weight is 413 g/mol. The third-order valence-corrected chi connectivity index (χ3v) is 7.04. The number of nitrogens with zero attached hydrogens (tertiary/aromatic N) is 3. The highest BCUT2D eigenvalue weighted by atomic mass is 32.1. The van der Waals surface area contributed by atoms with Crippen molar-refractivity contribution in [3.8, 4) is 5.75 Å². The molecule has 0 aliphatic carbocycles. The van der Waals surface area contributed by atoms with Gasteiger partial charge in [0, 0.05) is 63.5 Å². The molecule has 2 aromatic rings. The minimum absolute atomic E-state index is 0.291. The third-order valence-electron chi connectivity index (χ3n) is 6.02. The Morgan fingerprint density at radius 3 is 2.76 bits per heavy atom. The van der Waals surface area contributed by atoms with E-state index in [2.05, 4.69) is 38.5 Å². The standard InChI is InChI=1S/C23H32N4OS/c1-18(27-14-10-22-19(17-27)11-15-29-22)16-25-23(24-2)26-12-8-21(9-13-26)28-20-6-4-3-5-7-20/h3-7,11,15,18,21H,8-10,12-14,16-17H2,1-2H3,(H,24,25). The predicted molar refractivity (Wildman–Crippen MR) is 121 cm³/mol. The zero-order valence-corrected chi connectivity index (χ0v) is 18.3. The molecule has 0 radical (unpaired) electrons. The van der Waals surface area contributed by atoms with E-state index < -0.39 is 0 Å². The molecule has 1 atom stereocenters. The zero-order valence-electron chi connectivity index (χ0n) is 17.5. The van der Waals surface area contributed by atoms with E-state index in [-0.39, 0.29) is 0 Å². The molecule has 156 valence electrons. The van der Waals surface area contributed by atoms with Gasteiger partial charge in [-0.05, 0) is 42.5 Å². The molecule has 2 aliphatic heterocycles. The van der Waals surface area contributed by atoms with Gasteiger partial charge in [0.2, 0.25) is 0 Å². The van der Waals surface area contributed by atoms with Crippen molar-refractivity contribution in [2.75, 3.05) is 33.2 Å². The second-order valence-corrected chi connectivity index (χ2v) is 8.98. The molecule has 0 saturated carbocycles. The fourth-order valence-electron chi connectivity index (χ4n) is 4.22. The van der Waals surface area contributed by atoms with Crippen LogP contribution in [0.4, 0.5) is 0 Å². The number of thiophene rings is 1. The van der Waals surface area contributed by atoms with Crippen LogP contribution in [-0.4, -0.2) is 61.1 Å². The van der Waals surface area contributed by atoms with Crippen LogP contribution < -0.4 is 10.1 Å². The molecule has 1 unspecified atom stereocenters. The first-order chi connectivity index (χ1) is 14.2. The van der Waals surface area contributed by atoms with Crippen molar-refractivity contribution >= 4 is 17.3 Å². The summed E-state index contributed by atoms with van der Waals surface area (Å²) >= 11 is 1.90. The molecule has 5 nitrogen and oxygen atoms in total. The fourth-order valence-corrected chi connectivity index (χ4v) is 5.11. The molecule has 1 saturated heterocycles. The van der Waals surface area contributed by atoms with Crippen molar-refractivity contribution in [1.29, 1.82) is 0 Å². The maximum absolute atomic E-state index is 6.12. The lowest BCUT2D eigenvalue weighted by Gasteiger charge is -2.36. The summed E-state index contributed by atoms with van der Waals surface area (Å²) < 4.78 is 6.12. The van der Waals surface area contributed by atoms with Crippen molar-refractivity contribution in [1.82, 2.24) is 15.1 Å². The van der Waals surface area contributed by atoms with Crippen LogP contribution in [0.5, 0.6) is 5.75 Å². The van der Waals surface area contributed by atoms with Gasteiger partial charge in [-0.2, -0.15) is 0 Å². The smallest absolute Gasteiger partial charge is 0.193 e. The largest absolute Gasteiger partial charge is 0.490 e. The van der Waals surface area contributed by atoms with Gasteiger partial charge >= 0.3 is 0 Å². The highest BCUT2D eigenvalue weighted by Gasteiger charge is 2.25. The van der Waals surface area contributed by atoms with Crippen molar-refractivity contribution < 1.29 is 4.74 Å². The summed E-state index contributed by atoms with van der Waals surface area (Å²) in [6.07, 6.45) is 3.52. The Morgan fingerprint density at radius 1 is 1.21 bits per heavy atom. The Morgan fingerprint density at radius 2 is 2.00 bits per heavy atom. The lowest BCUT2D eigenvalue weighted by Crippen LogP contribution is -2.51. The van der Waals surface area contributed by atoms with Crippen LogP contribution in [0.1, 0.15) is 30.2 Å². The number of ether oxygens (including phenoxy) is 1. The SMILES string of the molecule is CN=C(NCC(C)N1CCc2sccc2C1)N1CCC(Oc2ccccc2)CC1. The summed E-state index contributed by atoms with van der Waals surface area (Å²) in [5, 5.41) is 5.84. The van der Waals surface area contributed by atoms with E-state index in [0.29, 0.717) is 12.1 Å². The van der Waals surface area contributed by atoms with E-state index in [9.17, 15) is 0 Å². The van der Waals surface area contributed by atoms with Crippen LogP contribution >= 0.6 is 11.3 Å². The summed E-state index contributed by atoms with van der Waals surface area (Å²) in [5.41, 5.74) is 1.51. The molecular formula is C23H32N4OS. The minimum Gasteiger partial charge on any atom is -0.490 e. The van der Waals surface area contributed by atoms with E-state index >= 15 is 0 Å². The molecule has 0 amide bonds. The van der Waals surface area contributed by atoms with Gasteiger partial charge in [0.05, 0.1) is 0 Å². The predicted octanol–water partition coefficient (Wildman–Crippen LogP) is 3.61. The fraction of sp³-hybridized carbons (Fsp3) is 0.522. The molecule has 3 heterocycles. The molecule has 6 heteroatoms. The summed E-state index contributed by atoms with van der Waals surface area (Å²) in [4.78, 5) is 11.1. The second-order valence-electron chi connectivity index (χ2n) is 7.98. The van der Waals surface area contributed by atoms with Crippen LogP contribution in [0, 0.1) is 0 Å². The van der Waals surface area contributed by atoms with Crippen molar-refractivity contribution in [3.05, 3.63) is 52.2 Å². The van der Waals surface area contributed by atoms with Crippen LogP contribution in [0.3, 0.4) is 0 Å². The number of piperidine rings is 1. The normalized spacial score (nSPS) is 19.7. The number of guanidine groups is 1. The van der Waals surface area contributed by atoms with Gasteiger partial charge in [0.1, 0.15) is 11.9 Å². The molecule has 1 aromatic heterocycles. The number of nitrogens with one attached hydrogen (secondary N) is 1. The summed E-state index contributed by atoms with van der Waals surface area (Å²) in [6, 6.07) is 12.9. The van der Waals surface area contributed by atoms with Crippen molar-refractivity contribution in [3.63, 3.8) is 0 Å². The number of hydrogen-bond acceptors (Lipinski definition) is 4. The van der Waals surface area contributed by atoms with E-state index in [1.807, 2.05) is 48.7 Å². The third kappa shape index (κ3) is 5.11. The lowest BCUT2D eigenvalue weighted by atomic mass is 10.1. The van der Waals surface area contributed by atoms with E-state index in [0.717, 1.165) is 57.3 Å². The highest BCUT2D eigenvalue weighted by Crippen LogP contribution is 2.25. The summed E-state index contributed by atoms with van der Waals surface area (Å²) in [6.45, 7) is 7.42. The van der Waals surface area contributed by atoms with Gasteiger partial charge < -0.3 is 15.0 Å². The van der Waals surface area contributed by atoms with Gasteiger partial charge in [-0.15, -0.1) is 11.3 Å². The van der Waals surface area contributed by atoms with Gasteiger partial charge in [-0.1, -0.05) is 18.2 Å². The zero-order chi connectivity index (χ0) is 20.1. The second kappa shape index (κ2) is 9.63. The number of fused-ring (bicyclic) bond motifs is 1. The molecule has 1 N–H and O–H groups in total. The molecule has 2 aliphatic rings. The van der Waals surface area contributed by atoms with Crippen LogP contribution in [0.25, 0.3) is 0 Å². The number of aliphatic imine (C=N–C) groups is 1. The van der Waals surface area contributed by atoms with Crippen molar-refractivity contribution in [2.24, 2.45) is 4.99 Å². The van der Waals surface area contributed by atoms with E-state index in [4.69, 9.17) is 4.74 Å². The molecule has 4 rings (SSSR count). The number of benzene rings is 1. The van der Waals surface area contributed by atoms with Crippen LogP contribution in [0.15, 0.2) is 46.8 Å². The van der Waals surface area contributed by atoms with Gasteiger partial charge in [-0.3, -0.25) is 9.89 Å². The Hall–Kier alpha value is -2.05. The summed E-state index contributed by atoms with van der Waals surface area (Å²) in [7, 11) is 1.89. The summed E-state index contributed by atoms with van der Waals surface area (Å²) in [5.74, 6) is 1.99. The Balaban J connectivity index is 1.23. The van der Waals surface area contributed by atoms with E-state index in [1.165, 1.54) is 12.0 Å². The number of rotatable bonds is 5. The van der Waals surface area contributed by atoms with Gasteiger partial charge in [0.15, 0.2) is 5.96 Å². The van der Waals surface area contributed by atoms with Crippen LogP contribution in [-0.2, 0) is 13.0 Å². The maximum Gasteiger partial charge on any atom is 0.193 e. The van der Waals surface area contributed by atoms with Crippen LogP contribution in [0.2, 0.25) is 0 Å². The van der Waals surface area contributed by atoms with Crippen molar-refractivity contribution in [2.45, 2.75) is 44.9 Å². The lowest BCUT2D eigenvalue weighted by molar-refractivity contribution is 0.129. The molecule has 1 fully saturated rings. The first-order valence-corrected chi connectivity index (χ1v) is 11.6. The Labute approximate surface area is 178 Å². The minimum atomic E-state index is 0.291. The Kier molecular flexibility index (Phi) is 6.72. The quantitative estimate of drug-likeness (QED) is 0.602. The molecule has 0 spiro atoms. The number of likely N-dealkylation sites (tertiary alicyclic amines) is 1. The molecule has 0 bridgehead atoms. The Bertz CT molecular complexity index is 798. The number of para-hydroxylation sites is 1. The monoisotopic (exact) mass is 412 g/mol. The number of hydrogen-bond donors (Lipinski definition) is 1. The maximum atomic E-state index is 6.12. The molecule has 1 aromatic carbocycles. The van der Waals surface area contributed by atoms with Gasteiger partial charge in [-0.25, -0.2) is 0 Å². The highest BCUT2D eigenvalue weighted by molar-refractivity contribution is 7.10. The van der Waals surface area contributed by atoms with E-state index in [1.54, 1.807) is 4.88 Å². The average Bonchev–Trinajstić information content (AvgIpc) is 3.24. The first kappa shape index (κ1) is 20.2. The molecule has 29 heavy (non-hydrogen) atoms. The topological polar surface area (TPSA) is 40.1 Å².